The van der Waals surface area contributed by atoms with E-state index in [1.54, 1.807) is 25.1 Å². The number of benzene rings is 2. The first kappa shape index (κ1) is 22.1. The summed E-state index contributed by atoms with van der Waals surface area (Å²) in [4.78, 5) is 20.8. The van der Waals surface area contributed by atoms with E-state index in [0.29, 0.717) is 10.8 Å². The monoisotopic (exact) mass is 464 g/mol. The molecular weight excluding hydrogens is 440 g/mol. The fourth-order valence-electron chi connectivity index (χ4n) is 3.38. The third-order valence-corrected chi connectivity index (χ3v) is 6.24. The Bertz CT molecular complexity index is 1080. The standard InChI is InChI=1S/C24H24N4O2S2/c1-30-19-8-4-17(5-9-19)26-24(31)27-18-6-10-20(11-7-18)32-21-12-13-25-22(16-21)23(29)28-14-2-3-15-28/h4-13,16H,2-3,14-15H2,1H3,(H2,26,27,31). The Morgan fingerprint density at radius 2 is 1.59 bits per heavy atom. The molecule has 0 spiro atoms. The number of carbonyl (C=O) groups is 1. The Labute approximate surface area is 197 Å². The van der Waals surface area contributed by atoms with E-state index in [1.165, 1.54) is 0 Å². The molecule has 1 aromatic heterocycles. The van der Waals surface area contributed by atoms with Crippen molar-refractivity contribution in [3.63, 3.8) is 0 Å². The lowest BCUT2D eigenvalue weighted by molar-refractivity contribution is 0.0786. The Kier molecular flexibility index (Phi) is 7.24. The van der Waals surface area contributed by atoms with Crippen molar-refractivity contribution in [2.24, 2.45) is 0 Å². The molecule has 8 heteroatoms. The van der Waals surface area contributed by atoms with Crippen molar-refractivity contribution in [1.82, 2.24) is 9.88 Å². The number of aromatic nitrogens is 1. The van der Waals surface area contributed by atoms with Gasteiger partial charge in [-0.1, -0.05) is 11.8 Å². The van der Waals surface area contributed by atoms with E-state index in [0.717, 1.165) is 52.8 Å². The zero-order valence-electron chi connectivity index (χ0n) is 17.7. The molecule has 0 bridgehead atoms. The first-order valence-corrected chi connectivity index (χ1v) is 11.6. The van der Waals surface area contributed by atoms with Crippen LogP contribution in [0.3, 0.4) is 0 Å². The van der Waals surface area contributed by atoms with Crippen molar-refractivity contribution in [3.05, 3.63) is 72.6 Å². The Hall–Kier alpha value is -3.10. The predicted molar refractivity (Wildman–Crippen MR) is 133 cm³/mol. The molecule has 1 fully saturated rings. The van der Waals surface area contributed by atoms with Crippen LogP contribution in [-0.4, -0.2) is 41.1 Å². The zero-order chi connectivity index (χ0) is 22.3. The van der Waals surface area contributed by atoms with E-state index in [9.17, 15) is 4.79 Å². The van der Waals surface area contributed by atoms with E-state index in [2.05, 4.69) is 15.6 Å². The van der Waals surface area contributed by atoms with Crippen molar-refractivity contribution in [3.8, 4) is 5.75 Å². The number of rotatable bonds is 6. The molecule has 32 heavy (non-hydrogen) atoms. The number of methoxy groups -OCH3 is 1. The van der Waals surface area contributed by atoms with Gasteiger partial charge < -0.3 is 20.3 Å². The van der Waals surface area contributed by atoms with E-state index < -0.39 is 0 Å². The quantitative estimate of drug-likeness (QED) is 0.481. The number of pyridine rings is 1. The number of nitrogens with one attached hydrogen (secondary N) is 2. The second-order valence-electron chi connectivity index (χ2n) is 7.31. The number of thiocarbonyl (C=S) groups is 1. The van der Waals surface area contributed by atoms with Gasteiger partial charge in [0.05, 0.1) is 7.11 Å². The summed E-state index contributed by atoms with van der Waals surface area (Å²) in [6.45, 7) is 1.64. The van der Waals surface area contributed by atoms with E-state index >= 15 is 0 Å². The fourth-order valence-corrected chi connectivity index (χ4v) is 4.46. The van der Waals surface area contributed by atoms with Gasteiger partial charge in [-0.2, -0.15) is 0 Å². The Morgan fingerprint density at radius 3 is 2.22 bits per heavy atom. The van der Waals surface area contributed by atoms with Crippen LogP contribution >= 0.6 is 24.0 Å². The minimum Gasteiger partial charge on any atom is -0.497 e. The lowest BCUT2D eigenvalue weighted by atomic mass is 10.3. The molecule has 0 saturated carbocycles. The van der Waals surface area contributed by atoms with Crippen LogP contribution in [0.1, 0.15) is 23.3 Å². The normalized spacial score (nSPS) is 13.0. The van der Waals surface area contributed by atoms with Gasteiger partial charge in [0.2, 0.25) is 0 Å². The fraction of sp³-hybridized carbons (Fsp3) is 0.208. The molecule has 1 aliphatic rings. The van der Waals surface area contributed by atoms with Crippen molar-refractivity contribution in [2.45, 2.75) is 22.6 Å². The third-order valence-electron chi connectivity index (χ3n) is 5.04. The number of hydrogen-bond acceptors (Lipinski definition) is 5. The molecule has 1 amide bonds. The van der Waals surface area contributed by atoms with Crippen LogP contribution < -0.4 is 15.4 Å². The summed E-state index contributed by atoms with van der Waals surface area (Å²) in [5, 5.41) is 6.85. The topological polar surface area (TPSA) is 66.5 Å². The molecule has 164 valence electrons. The van der Waals surface area contributed by atoms with Gasteiger partial charge in [0.15, 0.2) is 5.11 Å². The predicted octanol–water partition coefficient (Wildman–Crippen LogP) is 5.29. The first-order valence-electron chi connectivity index (χ1n) is 10.4. The van der Waals surface area contributed by atoms with Crippen LogP contribution in [0.2, 0.25) is 0 Å². The average Bonchev–Trinajstić information content (AvgIpc) is 3.35. The average molecular weight is 465 g/mol. The molecule has 1 saturated heterocycles. The highest BCUT2D eigenvalue weighted by molar-refractivity contribution is 7.99. The highest BCUT2D eigenvalue weighted by Crippen LogP contribution is 2.29. The maximum Gasteiger partial charge on any atom is 0.272 e. The van der Waals surface area contributed by atoms with E-state index in [4.69, 9.17) is 17.0 Å². The maximum atomic E-state index is 12.6. The van der Waals surface area contributed by atoms with Gasteiger partial charge in [-0.3, -0.25) is 9.78 Å². The highest BCUT2D eigenvalue weighted by Gasteiger charge is 2.20. The lowest BCUT2D eigenvalue weighted by Crippen LogP contribution is -2.28. The van der Waals surface area contributed by atoms with Crippen molar-refractivity contribution in [1.29, 1.82) is 0 Å². The molecule has 6 nitrogen and oxygen atoms in total. The molecule has 0 radical (unpaired) electrons. The second-order valence-corrected chi connectivity index (χ2v) is 8.87. The van der Waals surface area contributed by atoms with Crippen LogP contribution in [0.5, 0.6) is 5.75 Å². The number of hydrogen-bond donors (Lipinski definition) is 2. The molecule has 4 rings (SSSR count). The van der Waals surface area contributed by atoms with E-state index in [-0.39, 0.29) is 5.91 Å². The molecule has 2 aromatic carbocycles. The number of likely N-dealkylation sites (tertiary alicyclic amines) is 1. The summed E-state index contributed by atoms with van der Waals surface area (Å²) in [6, 6.07) is 19.3. The van der Waals surface area contributed by atoms with Crippen LogP contribution in [0, 0.1) is 0 Å². The number of amides is 1. The van der Waals surface area contributed by atoms with Gasteiger partial charge in [0.25, 0.3) is 5.91 Å². The molecule has 1 aliphatic heterocycles. The molecule has 2 heterocycles. The number of nitrogens with zero attached hydrogens (tertiary/aromatic N) is 2. The van der Waals surface area contributed by atoms with Gasteiger partial charge in [0.1, 0.15) is 11.4 Å². The zero-order valence-corrected chi connectivity index (χ0v) is 19.3. The number of carbonyl (C=O) groups excluding carboxylic acids is 1. The van der Waals surface area contributed by atoms with Gasteiger partial charge in [-0.25, -0.2) is 0 Å². The summed E-state index contributed by atoms with van der Waals surface area (Å²) in [5.41, 5.74) is 2.28. The molecule has 2 N–H and O–H groups in total. The van der Waals surface area contributed by atoms with Crippen molar-refractivity contribution >= 4 is 46.4 Å². The summed E-state index contributed by atoms with van der Waals surface area (Å²) in [6.07, 6.45) is 3.84. The van der Waals surface area contributed by atoms with Gasteiger partial charge in [0, 0.05) is 40.5 Å². The lowest BCUT2D eigenvalue weighted by Gasteiger charge is -2.14. The largest absolute Gasteiger partial charge is 0.497 e. The smallest absolute Gasteiger partial charge is 0.272 e. The maximum absolute atomic E-state index is 12.6. The Balaban J connectivity index is 1.34. The van der Waals surface area contributed by atoms with Gasteiger partial charge >= 0.3 is 0 Å². The number of anilines is 2. The molecule has 0 unspecified atom stereocenters. The summed E-state index contributed by atoms with van der Waals surface area (Å²) in [5.74, 6) is 0.812. The first-order chi connectivity index (χ1) is 15.6. The number of ether oxygens (including phenoxy) is 1. The molecule has 0 aliphatic carbocycles. The van der Waals surface area contributed by atoms with Crippen LogP contribution in [0.25, 0.3) is 0 Å². The third kappa shape index (κ3) is 5.77. The summed E-state index contributed by atoms with van der Waals surface area (Å²) >= 11 is 7.00. The van der Waals surface area contributed by atoms with Crippen molar-refractivity contribution < 1.29 is 9.53 Å². The minimum atomic E-state index is 0.0161. The molecular formula is C24H24N4O2S2. The van der Waals surface area contributed by atoms with Crippen LogP contribution in [0.4, 0.5) is 11.4 Å². The van der Waals surface area contributed by atoms with Crippen LogP contribution in [0.15, 0.2) is 76.7 Å². The summed E-state index contributed by atoms with van der Waals surface area (Å²) < 4.78 is 5.16. The molecule has 0 atom stereocenters. The highest BCUT2D eigenvalue weighted by atomic mass is 32.2. The van der Waals surface area contributed by atoms with Gasteiger partial charge in [-0.15, -0.1) is 0 Å². The summed E-state index contributed by atoms with van der Waals surface area (Å²) in [7, 11) is 1.64. The second kappa shape index (κ2) is 10.5. The Morgan fingerprint density at radius 1 is 0.969 bits per heavy atom. The van der Waals surface area contributed by atoms with Gasteiger partial charge in [-0.05, 0) is 85.7 Å². The minimum absolute atomic E-state index is 0.0161. The van der Waals surface area contributed by atoms with E-state index in [1.807, 2.05) is 65.6 Å². The molecule has 3 aromatic rings. The van der Waals surface area contributed by atoms with Crippen molar-refractivity contribution in [2.75, 3.05) is 30.8 Å². The SMILES string of the molecule is COc1ccc(NC(=S)Nc2ccc(Sc3ccnc(C(=O)N4CCCC4)c3)cc2)cc1. The van der Waals surface area contributed by atoms with Crippen LogP contribution in [-0.2, 0) is 0 Å².